The van der Waals surface area contributed by atoms with Crippen LogP contribution in [0.15, 0.2) is 24.3 Å². The van der Waals surface area contributed by atoms with E-state index < -0.39 is 17.1 Å². The Morgan fingerprint density at radius 3 is 2.55 bits per heavy atom. The van der Waals surface area contributed by atoms with Gasteiger partial charge in [-0.2, -0.15) is 13.2 Å². The van der Waals surface area contributed by atoms with Crippen molar-refractivity contribution in [3.05, 3.63) is 34.8 Å². The van der Waals surface area contributed by atoms with Crippen LogP contribution in [0, 0.1) is 0 Å². The fraction of sp³-hybridized carbons (Fsp3) is 0.250. The van der Waals surface area contributed by atoms with Crippen LogP contribution in [0.2, 0.25) is 0 Å². The summed E-state index contributed by atoms with van der Waals surface area (Å²) in [5.74, 6) is -0.442. The topological polar surface area (TPSA) is 80.9 Å². The number of aryl methyl sites for hydroxylation is 1. The molecule has 0 atom stereocenters. The number of para-hydroxylation sites is 1. The van der Waals surface area contributed by atoms with E-state index in [2.05, 4.69) is 15.5 Å². The van der Waals surface area contributed by atoms with Crippen molar-refractivity contribution in [2.45, 2.75) is 19.0 Å². The van der Waals surface area contributed by atoms with Crippen LogP contribution >= 0.6 is 23.7 Å². The molecule has 0 saturated heterocycles. The number of halogens is 4. The Kier molecular flexibility index (Phi) is 6.12. The number of benzene rings is 1. The predicted octanol–water partition coefficient (Wildman–Crippen LogP) is 3.13. The molecule has 2 aromatic rings. The molecule has 0 aliphatic rings. The molecule has 1 aromatic carbocycles. The number of carbonyl (C=O) groups excluding carboxylic acids is 1. The van der Waals surface area contributed by atoms with E-state index >= 15 is 0 Å². The molecule has 0 radical (unpaired) electrons. The molecule has 0 bridgehead atoms. The average Bonchev–Trinajstić information content (AvgIpc) is 2.86. The summed E-state index contributed by atoms with van der Waals surface area (Å²) in [4.78, 5) is 11.7. The van der Waals surface area contributed by atoms with E-state index in [4.69, 9.17) is 5.73 Å². The summed E-state index contributed by atoms with van der Waals surface area (Å²) in [6.07, 6.45) is -4.07. The van der Waals surface area contributed by atoms with Gasteiger partial charge in [0.25, 0.3) is 0 Å². The minimum atomic E-state index is -4.56. The molecule has 0 unspecified atom stereocenters. The number of anilines is 2. The number of carbonyl (C=O) groups is 1. The Balaban J connectivity index is 0.00000242. The summed E-state index contributed by atoms with van der Waals surface area (Å²) in [5.41, 5.74) is 7.11. The number of nitrogens with zero attached hydrogens (tertiary/aromatic N) is 2. The molecule has 1 heterocycles. The number of nitrogen functional groups attached to an aromatic ring is 1. The highest BCUT2D eigenvalue weighted by molar-refractivity contribution is 7.15. The van der Waals surface area contributed by atoms with Crippen LogP contribution in [-0.4, -0.2) is 16.1 Å². The lowest BCUT2D eigenvalue weighted by atomic mass is 10.1. The van der Waals surface area contributed by atoms with Crippen molar-refractivity contribution in [3.63, 3.8) is 0 Å². The molecular weight excluding hydrogens is 341 g/mol. The van der Waals surface area contributed by atoms with Crippen LogP contribution in [0.25, 0.3) is 0 Å². The second-order valence-electron chi connectivity index (χ2n) is 4.16. The van der Waals surface area contributed by atoms with E-state index in [1.807, 2.05) is 0 Å². The summed E-state index contributed by atoms with van der Waals surface area (Å²) in [6, 6.07) is 7.08. The van der Waals surface area contributed by atoms with Gasteiger partial charge in [0, 0.05) is 12.1 Å². The molecule has 22 heavy (non-hydrogen) atoms. The van der Waals surface area contributed by atoms with Gasteiger partial charge < -0.3 is 11.1 Å². The van der Waals surface area contributed by atoms with Crippen LogP contribution in [0.3, 0.4) is 0 Å². The molecule has 1 aromatic heterocycles. The van der Waals surface area contributed by atoms with E-state index in [0.29, 0.717) is 12.1 Å². The summed E-state index contributed by atoms with van der Waals surface area (Å²) in [7, 11) is 0. The van der Waals surface area contributed by atoms with Gasteiger partial charge in [-0.3, -0.25) is 4.79 Å². The number of hydrogen-bond donors (Lipinski definition) is 2. The first-order valence-corrected chi connectivity index (χ1v) is 6.72. The highest BCUT2D eigenvalue weighted by atomic mass is 35.5. The SMILES string of the molecule is Cl.Nc1ccccc1CCC(=O)Nc1nnc(C(F)(F)F)s1. The Hall–Kier alpha value is -1.87. The first-order valence-electron chi connectivity index (χ1n) is 5.90. The lowest BCUT2D eigenvalue weighted by Gasteiger charge is -2.04. The molecule has 5 nitrogen and oxygen atoms in total. The molecule has 0 spiro atoms. The van der Waals surface area contributed by atoms with Gasteiger partial charge in [0.05, 0.1) is 0 Å². The maximum absolute atomic E-state index is 12.3. The third-order valence-electron chi connectivity index (χ3n) is 2.59. The monoisotopic (exact) mass is 352 g/mol. The smallest absolute Gasteiger partial charge is 0.399 e. The van der Waals surface area contributed by atoms with E-state index in [9.17, 15) is 18.0 Å². The van der Waals surface area contributed by atoms with E-state index in [1.54, 1.807) is 24.3 Å². The lowest BCUT2D eigenvalue weighted by Crippen LogP contribution is -2.12. The van der Waals surface area contributed by atoms with Gasteiger partial charge in [-0.25, -0.2) is 0 Å². The molecule has 3 N–H and O–H groups in total. The molecule has 1 amide bonds. The number of alkyl halides is 3. The largest absolute Gasteiger partial charge is 0.445 e. The summed E-state index contributed by atoms with van der Waals surface area (Å²) < 4.78 is 37.0. The number of aromatic nitrogens is 2. The lowest BCUT2D eigenvalue weighted by molar-refractivity contribution is -0.138. The zero-order chi connectivity index (χ0) is 15.5. The van der Waals surface area contributed by atoms with Crippen molar-refractivity contribution in [1.29, 1.82) is 0 Å². The zero-order valence-corrected chi connectivity index (χ0v) is 12.7. The van der Waals surface area contributed by atoms with Gasteiger partial charge in [0.2, 0.25) is 16.0 Å². The molecule has 0 aliphatic carbocycles. The maximum atomic E-state index is 12.3. The number of rotatable bonds is 4. The quantitative estimate of drug-likeness (QED) is 0.828. The number of nitrogens with one attached hydrogen (secondary N) is 1. The van der Waals surface area contributed by atoms with Gasteiger partial charge in [0.15, 0.2) is 0 Å². The molecule has 0 aliphatic heterocycles. The Morgan fingerprint density at radius 2 is 1.95 bits per heavy atom. The highest BCUT2D eigenvalue weighted by Gasteiger charge is 2.35. The molecule has 120 valence electrons. The van der Waals surface area contributed by atoms with E-state index in [-0.39, 0.29) is 35.3 Å². The predicted molar refractivity (Wildman–Crippen MR) is 80.0 cm³/mol. The number of hydrogen-bond acceptors (Lipinski definition) is 5. The third-order valence-corrected chi connectivity index (χ3v) is 3.47. The Labute approximate surface area is 134 Å². The maximum Gasteiger partial charge on any atom is 0.445 e. The number of amides is 1. The fourth-order valence-corrected chi connectivity index (χ4v) is 2.21. The molecule has 10 heteroatoms. The van der Waals surface area contributed by atoms with Crippen LogP contribution in [-0.2, 0) is 17.4 Å². The van der Waals surface area contributed by atoms with Crippen molar-refractivity contribution in [3.8, 4) is 0 Å². The van der Waals surface area contributed by atoms with Crippen molar-refractivity contribution in [1.82, 2.24) is 10.2 Å². The van der Waals surface area contributed by atoms with Crippen LogP contribution in [0.1, 0.15) is 17.0 Å². The first-order chi connectivity index (χ1) is 9.86. The normalized spacial score (nSPS) is 10.9. The minimum absolute atomic E-state index is 0. The van der Waals surface area contributed by atoms with Crippen LogP contribution < -0.4 is 11.1 Å². The van der Waals surface area contributed by atoms with Gasteiger partial charge in [-0.05, 0) is 18.1 Å². The molecule has 0 fully saturated rings. The second-order valence-corrected chi connectivity index (χ2v) is 5.13. The Bertz CT molecular complexity index is 647. The average molecular weight is 353 g/mol. The number of nitrogens with two attached hydrogens (primary N) is 1. The Morgan fingerprint density at radius 1 is 1.27 bits per heavy atom. The van der Waals surface area contributed by atoms with Crippen molar-refractivity contribution >= 4 is 40.5 Å². The first kappa shape index (κ1) is 18.2. The van der Waals surface area contributed by atoms with E-state index in [1.165, 1.54) is 0 Å². The van der Waals surface area contributed by atoms with Crippen LogP contribution in [0.5, 0.6) is 0 Å². The van der Waals surface area contributed by atoms with Crippen molar-refractivity contribution < 1.29 is 18.0 Å². The van der Waals surface area contributed by atoms with Gasteiger partial charge in [0.1, 0.15) is 0 Å². The molecule has 0 saturated carbocycles. The van der Waals surface area contributed by atoms with E-state index in [0.717, 1.165) is 5.56 Å². The molecular formula is C12H12ClF3N4OS. The zero-order valence-electron chi connectivity index (χ0n) is 11.1. The standard InChI is InChI=1S/C12H11F3N4OS.ClH/c13-12(14,15)10-18-19-11(21-10)17-9(20)6-5-7-3-1-2-4-8(7)16;/h1-4H,5-6,16H2,(H,17,19,20);1H. The van der Waals surface area contributed by atoms with Gasteiger partial charge in [-0.1, -0.05) is 29.5 Å². The van der Waals surface area contributed by atoms with Crippen molar-refractivity contribution in [2.24, 2.45) is 0 Å². The minimum Gasteiger partial charge on any atom is -0.399 e. The van der Waals surface area contributed by atoms with Gasteiger partial charge >= 0.3 is 6.18 Å². The molecule has 2 rings (SSSR count). The highest BCUT2D eigenvalue weighted by Crippen LogP contribution is 2.33. The van der Waals surface area contributed by atoms with Crippen LogP contribution in [0.4, 0.5) is 24.0 Å². The van der Waals surface area contributed by atoms with Crippen molar-refractivity contribution in [2.75, 3.05) is 11.1 Å². The fourth-order valence-electron chi connectivity index (χ4n) is 1.58. The summed E-state index contributed by atoms with van der Waals surface area (Å²) >= 11 is 0.289. The van der Waals surface area contributed by atoms with Gasteiger partial charge in [-0.15, -0.1) is 22.6 Å². The third kappa shape index (κ3) is 4.85. The summed E-state index contributed by atoms with van der Waals surface area (Å²) in [5, 5.41) is 7.29. The summed E-state index contributed by atoms with van der Waals surface area (Å²) in [6.45, 7) is 0. The second kappa shape index (κ2) is 7.41.